The molecule has 4 aliphatic rings. The Bertz CT molecular complexity index is 2870. The van der Waals surface area contributed by atoms with E-state index in [0.29, 0.717) is 81.9 Å². The minimum Gasteiger partial charge on any atom is -0.391 e. The third-order valence-corrected chi connectivity index (χ3v) is 14.1. The number of carbonyl (C=O) groups is 4. The number of nitrogens with zero attached hydrogens (tertiary/aromatic N) is 3. The minimum atomic E-state index is -4.50. The van der Waals surface area contributed by atoms with E-state index in [9.17, 15) is 33.7 Å². The number of aliphatic hydroxyl groups excluding tert-OH is 1. The lowest BCUT2D eigenvalue weighted by Crippen LogP contribution is -2.36. The normalized spacial score (nSPS) is 21.0. The maximum absolute atomic E-state index is 14.2. The van der Waals surface area contributed by atoms with Gasteiger partial charge in [-0.2, -0.15) is 0 Å². The van der Waals surface area contributed by atoms with Crippen LogP contribution in [0.4, 0.5) is 16.2 Å². The first kappa shape index (κ1) is 47.1. The Hall–Kier alpha value is -5.99. The molecule has 68 heavy (non-hydrogen) atoms. The van der Waals surface area contributed by atoms with Crippen LogP contribution in [0.2, 0.25) is 0 Å². The van der Waals surface area contributed by atoms with E-state index in [4.69, 9.17) is 32.1 Å². The number of amides is 5. The number of fused-ring (bicyclic) bond motifs is 7. The molecule has 4 aliphatic heterocycles. The molecule has 1 saturated heterocycles. The summed E-state index contributed by atoms with van der Waals surface area (Å²) in [7, 11) is 2.75. The van der Waals surface area contributed by atoms with Crippen LogP contribution in [0.15, 0.2) is 55.1 Å². The monoisotopic (exact) mass is 948 g/mol. The second-order valence-corrected chi connectivity index (χ2v) is 19.0. The van der Waals surface area contributed by atoms with E-state index >= 15 is 0 Å². The lowest BCUT2D eigenvalue weighted by atomic mass is 9.96. The molecule has 5 atom stereocenters. The highest BCUT2D eigenvalue weighted by Gasteiger charge is 2.39. The van der Waals surface area contributed by atoms with Crippen LogP contribution < -0.4 is 20.9 Å². The fourth-order valence-electron chi connectivity index (χ4n) is 9.62. The molecule has 1 fully saturated rings. The zero-order chi connectivity index (χ0) is 47.9. The molecule has 7 heterocycles. The molecule has 5 aromatic rings. The molecule has 21 heteroatoms. The van der Waals surface area contributed by atoms with Crippen LogP contribution >= 0.6 is 7.82 Å². The third kappa shape index (κ3) is 9.67. The SMILES string of the molecule is [B]C1CC(OP(=O)(O)OCC(O)CCCCNC(=O)c2cc3c4c(ccc3[nH]2)N(C(=O)c2cc3c5c(ccc3[nH]2)N(C(=O)c2cc3c([nH]2)/C=C\CN(C(N)=O)CCC3=C)CC5)CC4)C(COC)O1. The summed E-state index contributed by atoms with van der Waals surface area (Å²) in [5.74, 6) is -0.660. The van der Waals surface area contributed by atoms with Crippen molar-refractivity contribution >= 4 is 84.3 Å². The number of H-pyrrole nitrogens is 3. The first-order valence-corrected chi connectivity index (χ1v) is 24.2. The molecule has 19 nitrogen and oxygen atoms in total. The molecule has 3 aromatic heterocycles. The van der Waals surface area contributed by atoms with Gasteiger partial charge in [0.05, 0.1) is 25.4 Å². The second kappa shape index (κ2) is 19.6. The molecule has 2 aromatic carbocycles. The summed E-state index contributed by atoms with van der Waals surface area (Å²) in [5.41, 5.74) is 14.2. The van der Waals surface area contributed by atoms with Gasteiger partial charge in [0.25, 0.3) is 17.7 Å². The molecule has 5 amide bonds. The highest BCUT2D eigenvalue weighted by molar-refractivity contribution is 7.47. The number of hydrogen-bond donors (Lipinski definition) is 7. The summed E-state index contributed by atoms with van der Waals surface area (Å²) in [6.45, 7) is 5.97. The molecule has 0 aliphatic carbocycles. The van der Waals surface area contributed by atoms with Crippen LogP contribution in [-0.4, -0.2) is 139 Å². The van der Waals surface area contributed by atoms with Crippen LogP contribution in [0.25, 0.3) is 33.5 Å². The predicted octanol–water partition coefficient (Wildman–Crippen LogP) is 4.89. The number of primary amides is 1. The van der Waals surface area contributed by atoms with Gasteiger partial charge in [-0.25, -0.2) is 9.36 Å². The molecular weight excluding hydrogens is 894 g/mol. The summed E-state index contributed by atoms with van der Waals surface area (Å²) in [6.07, 6.45) is 4.48. The van der Waals surface area contributed by atoms with E-state index in [1.54, 1.807) is 20.8 Å². The van der Waals surface area contributed by atoms with Crippen molar-refractivity contribution in [1.82, 2.24) is 25.2 Å². The zero-order valence-electron chi connectivity index (χ0n) is 37.6. The molecular formula is C47H54BN8O11P. The van der Waals surface area contributed by atoms with Gasteiger partial charge in [0.1, 0.15) is 31.0 Å². The smallest absolute Gasteiger partial charge is 0.391 e. The Morgan fingerprint density at radius 1 is 0.941 bits per heavy atom. The number of rotatable bonds is 15. The van der Waals surface area contributed by atoms with Crippen molar-refractivity contribution < 1.29 is 52.3 Å². The summed E-state index contributed by atoms with van der Waals surface area (Å²) in [6, 6.07) is 11.9. The number of hydrogen-bond acceptors (Lipinski definition) is 10. The lowest BCUT2D eigenvalue weighted by molar-refractivity contribution is -0.0226. The van der Waals surface area contributed by atoms with Crippen molar-refractivity contribution in [2.75, 3.05) is 62.8 Å². The quantitative estimate of drug-likeness (QED) is 0.0423. The Morgan fingerprint density at radius 2 is 1.59 bits per heavy atom. The molecule has 0 saturated carbocycles. The van der Waals surface area contributed by atoms with Crippen molar-refractivity contribution in [3.63, 3.8) is 0 Å². The van der Waals surface area contributed by atoms with Gasteiger partial charge in [0.2, 0.25) is 0 Å². The van der Waals surface area contributed by atoms with Crippen molar-refractivity contribution in [2.45, 2.75) is 69.3 Å². The number of anilines is 2. The number of urea groups is 1. The van der Waals surface area contributed by atoms with Gasteiger partial charge in [0.15, 0.2) is 0 Å². The van der Waals surface area contributed by atoms with Crippen LogP contribution in [0.3, 0.4) is 0 Å². The molecule has 8 N–H and O–H groups in total. The summed E-state index contributed by atoms with van der Waals surface area (Å²) < 4.78 is 33.3. The van der Waals surface area contributed by atoms with Gasteiger partial charge in [0, 0.05) is 90.3 Å². The predicted molar refractivity (Wildman–Crippen MR) is 256 cm³/mol. The van der Waals surface area contributed by atoms with Gasteiger partial charge >= 0.3 is 13.9 Å². The maximum atomic E-state index is 14.2. The second-order valence-electron chi connectivity index (χ2n) is 17.6. The number of nitrogens with two attached hydrogens (primary N) is 1. The van der Waals surface area contributed by atoms with Crippen molar-refractivity contribution in [2.24, 2.45) is 5.73 Å². The molecule has 9 rings (SSSR count). The van der Waals surface area contributed by atoms with Gasteiger partial charge in [-0.15, -0.1) is 0 Å². The first-order chi connectivity index (χ1) is 32.7. The van der Waals surface area contributed by atoms with Gasteiger partial charge in [-0.05, 0) is 110 Å². The zero-order valence-corrected chi connectivity index (χ0v) is 38.5. The number of unbranched alkanes of at least 4 members (excludes halogenated alkanes) is 1. The van der Waals surface area contributed by atoms with Crippen LogP contribution in [0.1, 0.15) is 86.0 Å². The van der Waals surface area contributed by atoms with Gasteiger partial charge in [-0.1, -0.05) is 12.7 Å². The fraction of sp³-hybridized carbons (Fsp3) is 0.404. The third-order valence-electron chi connectivity index (χ3n) is 13.1. The van der Waals surface area contributed by atoms with E-state index in [-0.39, 0.29) is 37.2 Å². The Kier molecular flexibility index (Phi) is 13.5. The summed E-state index contributed by atoms with van der Waals surface area (Å²) >= 11 is 0. The number of nitrogens with one attached hydrogen (secondary N) is 4. The topological polar surface area (TPSA) is 258 Å². The standard InChI is InChI=1S/C47H54BN8O11P/c1-26-12-17-54(47(49)61)16-5-7-33-30(26)20-37(52-33)45(59)55-19-14-29-32-22-38(53-35(32)9-11-40(29)55)46(60)56-18-13-28-31-21-36(51-34(31)8-10-39(28)56)44(58)50-15-4-3-6-27(57)24-65-68(62,63)67-41-23-43(48)66-42(41)25-64-2/h5,7-11,20-22,27,41-43,51-53,57H,1,3-4,6,12-19,23-25H2,2H3,(H2,49,61)(H,50,58)(H,62,63)/b7-5-. The van der Waals surface area contributed by atoms with Crippen molar-refractivity contribution in [1.29, 1.82) is 0 Å². The Labute approximate surface area is 393 Å². The number of aromatic amines is 3. The average molecular weight is 949 g/mol. The number of phosphoric acid groups is 1. The molecule has 5 unspecified atom stereocenters. The Balaban J connectivity index is 0.789. The summed E-state index contributed by atoms with van der Waals surface area (Å²) in [4.78, 5) is 78.2. The highest BCUT2D eigenvalue weighted by atomic mass is 31.2. The fourth-order valence-corrected chi connectivity index (χ4v) is 10.6. The van der Waals surface area contributed by atoms with Gasteiger partial charge < -0.3 is 60.2 Å². The van der Waals surface area contributed by atoms with E-state index in [1.165, 1.54) is 7.11 Å². The maximum Gasteiger partial charge on any atom is 0.472 e. The van der Waals surface area contributed by atoms with E-state index in [0.717, 1.165) is 61.1 Å². The van der Waals surface area contributed by atoms with E-state index < -0.39 is 44.8 Å². The van der Waals surface area contributed by atoms with Crippen LogP contribution in [-0.2, 0) is 35.9 Å². The molecule has 0 bridgehead atoms. The van der Waals surface area contributed by atoms with Gasteiger partial charge in [-0.3, -0.25) is 23.4 Å². The number of benzene rings is 2. The van der Waals surface area contributed by atoms with E-state index in [1.807, 2.05) is 48.6 Å². The van der Waals surface area contributed by atoms with Crippen LogP contribution in [0.5, 0.6) is 0 Å². The largest absolute Gasteiger partial charge is 0.472 e. The van der Waals surface area contributed by atoms with Crippen LogP contribution in [0, 0.1) is 0 Å². The first-order valence-electron chi connectivity index (χ1n) is 22.7. The lowest BCUT2D eigenvalue weighted by Gasteiger charge is -2.21. The minimum absolute atomic E-state index is 0.129. The number of ether oxygens (including phenoxy) is 2. The van der Waals surface area contributed by atoms with E-state index in [2.05, 4.69) is 26.8 Å². The summed E-state index contributed by atoms with van der Waals surface area (Å²) in [5, 5.41) is 15.0. The number of aliphatic hydroxyl groups is 1. The van der Waals surface area contributed by atoms with Crippen molar-refractivity contribution in [3.8, 4) is 0 Å². The highest BCUT2D eigenvalue weighted by Crippen LogP contribution is 2.47. The number of aromatic nitrogens is 3. The number of methoxy groups -OCH3 is 1. The van der Waals surface area contributed by atoms with Crippen molar-refractivity contribution in [3.05, 3.63) is 94.6 Å². The average Bonchev–Trinajstić information content (AvgIpc) is 4.17. The number of phosphoric ester groups is 1. The molecule has 0 spiro atoms. The molecule has 356 valence electrons. The Morgan fingerprint density at radius 3 is 2.25 bits per heavy atom. The molecule has 2 radical (unpaired) electrons. The number of carbonyl (C=O) groups excluding carboxylic acids is 4.